The molecule has 0 atom stereocenters. The van der Waals surface area contributed by atoms with Crippen LogP contribution < -0.4 is 4.90 Å². The van der Waals surface area contributed by atoms with Crippen LogP contribution in [0.15, 0.2) is 18.2 Å². The van der Waals surface area contributed by atoms with Crippen LogP contribution in [-0.2, 0) is 0 Å². The lowest BCUT2D eigenvalue weighted by molar-refractivity contribution is -0.385. The molecular formula is C9H7FN2O2S2. The first-order valence-electron chi connectivity index (χ1n) is 4.48. The summed E-state index contributed by atoms with van der Waals surface area (Å²) < 4.78 is 14.2. The molecule has 2 rings (SSSR count). The summed E-state index contributed by atoms with van der Waals surface area (Å²) in [6.07, 6.45) is 0. The van der Waals surface area contributed by atoms with E-state index < -0.39 is 10.7 Å². The zero-order valence-electron chi connectivity index (χ0n) is 8.05. The highest BCUT2D eigenvalue weighted by Gasteiger charge is 2.23. The molecule has 1 fully saturated rings. The topological polar surface area (TPSA) is 46.4 Å². The highest BCUT2D eigenvalue weighted by molar-refractivity contribution is 8.23. The van der Waals surface area contributed by atoms with Gasteiger partial charge in [-0.2, -0.15) is 0 Å². The number of nitro benzene ring substituents is 1. The van der Waals surface area contributed by atoms with Crippen LogP contribution in [0.1, 0.15) is 0 Å². The van der Waals surface area contributed by atoms with Crippen LogP contribution in [0.2, 0.25) is 0 Å². The normalized spacial score (nSPS) is 15.6. The van der Waals surface area contributed by atoms with Gasteiger partial charge in [-0.25, -0.2) is 4.39 Å². The molecule has 16 heavy (non-hydrogen) atoms. The van der Waals surface area contributed by atoms with Crippen molar-refractivity contribution in [3.8, 4) is 0 Å². The van der Waals surface area contributed by atoms with Crippen LogP contribution in [-0.4, -0.2) is 21.5 Å². The zero-order chi connectivity index (χ0) is 11.7. The maximum Gasteiger partial charge on any atom is 0.272 e. The molecule has 7 heteroatoms. The first-order chi connectivity index (χ1) is 7.59. The summed E-state index contributed by atoms with van der Waals surface area (Å²) in [5, 5.41) is 10.4. The van der Waals surface area contributed by atoms with E-state index in [-0.39, 0.29) is 5.69 Å². The van der Waals surface area contributed by atoms with Crippen molar-refractivity contribution in [2.45, 2.75) is 0 Å². The Kier molecular flexibility index (Phi) is 3.06. The number of non-ortho nitro benzene ring substituents is 1. The van der Waals surface area contributed by atoms with Crippen molar-refractivity contribution in [3.05, 3.63) is 34.1 Å². The molecule has 1 aromatic carbocycles. The van der Waals surface area contributed by atoms with Gasteiger partial charge in [-0.3, -0.25) is 10.1 Å². The summed E-state index contributed by atoms with van der Waals surface area (Å²) in [5.41, 5.74) is 0.0552. The van der Waals surface area contributed by atoms with Gasteiger partial charge in [0.1, 0.15) is 4.32 Å². The van der Waals surface area contributed by atoms with Crippen molar-refractivity contribution >= 4 is 39.7 Å². The van der Waals surface area contributed by atoms with Crippen molar-refractivity contribution in [2.24, 2.45) is 0 Å². The van der Waals surface area contributed by atoms with Gasteiger partial charge in [0, 0.05) is 18.4 Å². The number of rotatable bonds is 2. The van der Waals surface area contributed by atoms with Gasteiger partial charge in [-0.05, 0) is 6.07 Å². The molecule has 84 valence electrons. The molecular weight excluding hydrogens is 251 g/mol. The van der Waals surface area contributed by atoms with E-state index >= 15 is 0 Å². The lowest BCUT2D eigenvalue weighted by Gasteiger charge is -2.17. The third-order valence-electron chi connectivity index (χ3n) is 2.19. The van der Waals surface area contributed by atoms with Gasteiger partial charge in [-0.1, -0.05) is 24.0 Å². The van der Waals surface area contributed by atoms with Gasteiger partial charge < -0.3 is 4.90 Å². The molecule has 0 aromatic heterocycles. The number of nitrogens with zero attached hydrogens (tertiary/aromatic N) is 2. The van der Waals surface area contributed by atoms with E-state index in [4.69, 9.17) is 12.2 Å². The third-order valence-corrected chi connectivity index (χ3v) is 3.62. The number of anilines is 1. The lowest BCUT2D eigenvalue weighted by atomic mass is 10.2. The van der Waals surface area contributed by atoms with Gasteiger partial charge in [0.25, 0.3) is 5.69 Å². The smallest absolute Gasteiger partial charge is 0.272 e. The largest absolute Gasteiger partial charge is 0.324 e. The molecule has 1 aliphatic heterocycles. The van der Waals surface area contributed by atoms with Crippen LogP contribution >= 0.6 is 24.0 Å². The lowest BCUT2D eigenvalue weighted by Crippen LogP contribution is -2.23. The second-order valence-electron chi connectivity index (χ2n) is 3.16. The number of hydrogen-bond acceptors (Lipinski definition) is 4. The van der Waals surface area contributed by atoms with Gasteiger partial charge in [0.15, 0.2) is 5.82 Å². The van der Waals surface area contributed by atoms with Crippen molar-refractivity contribution in [3.63, 3.8) is 0 Å². The minimum Gasteiger partial charge on any atom is -0.324 e. The van der Waals surface area contributed by atoms with Crippen LogP contribution in [0, 0.1) is 15.9 Å². The summed E-state index contributed by atoms with van der Waals surface area (Å²) in [4.78, 5) is 11.5. The number of thioether (sulfide) groups is 1. The molecule has 0 aliphatic carbocycles. The number of thiocarbonyl (C=S) groups is 1. The Morgan fingerprint density at radius 3 is 2.81 bits per heavy atom. The molecule has 0 saturated carbocycles. The van der Waals surface area contributed by atoms with Gasteiger partial charge in [0.05, 0.1) is 16.7 Å². The highest BCUT2D eigenvalue weighted by Crippen LogP contribution is 2.29. The Hall–Kier alpha value is -1.21. The molecule has 4 nitrogen and oxygen atoms in total. The van der Waals surface area contributed by atoms with Gasteiger partial charge >= 0.3 is 0 Å². The summed E-state index contributed by atoms with van der Waals surface area (Å²) in [5.74, 6) is 0.203. The second-order valence-corrected chi connectivity index (χ2v) is 4.89. The fourth-order valence-corrected chi connectivity index (χ4v) is 2.67. The van der Waals surface area contributed by atoms with Crippen molar-refractivity contribution in [1.82, 2.24) is 0 Å². The number of benzene rings is 1. The van der Waals surface area contributed by atoms with E-state index in [1.807, 2.05) is 0 Å². The molecule has 1 heterocycles. The average molecular weight is 258 g/mol. The Morgan fingerprint density at radius 1 is 1.56 bits per heavy atom. The first kappa shape index (κ1) is 11.3. The molecule has 0 bridgehead atoms. The van der Waals surface area contributed by atoms with Crippen LogP contribution in [0.3, 0.4) is 0 Å². The summed E-state index contributed by atoms with van der Waals surface area (Å²) in [6.45, 7) is 0.637. The summed E-state index contributed by atoms with van der Waals surface area (Å²) >= 11 is 6.53. The maximum atomic E-state index is 13.6. The van der Waals surface area contributed by atoms with E-state index in [1.165, 1.54) is 23.9 Å². The molecule has 0 amide bonds. The molecule has 0 unspecified atom stereocenters. The van der Waals surface area contributed by atoms with E-state index in [9.17, 15) is 14.5 Å². The summed E-state index contributed by atoms with van der Waals surface area (Å²) in [7, 11) is 0. The molecule has 1 aromatic rings. The van der Waals surface area contributed by atoms with Crippen molar-refractivity contribution in [2.75, 3.05) is 17.2 Å². The Bertz CT molecular complexity index is 467. The Labute approximate surface area is 101 Å². The zero-order valence-corrected chi connectivity index (χ0v) is 9.68. The molecule has 0 N–H and O–H groups in total. The predicted octanol–water partition coefficient (Wildman–Crippen LogP) is 2.57. The van der Waals surface area contributed by atoms with Crippen molar-refractivity contribution in [1.29, 1.82) is 0 Å². The molecule has 1 saturated heterocycles. The second kappa shape index (κ2) is 4.34. The Balaban J connectivity index is 2.36. The summed E-state index contributed by atoms with van der Waals surface area (Å²) in [6, 6.07) is 3.59. The predicted molar refractivity (Wildman–Crippen MR) is 65.5 cm³/mol. The monoisotopic (exact) mass is 258 g/mol. The highest BCUT2D eigenvalue weighted by atomic mass is 32.2. The molecule has 0 spiro atoms. The van der Waals surface area contributed by atoms with Crippen molar-refractivity contribution < 1.29 is 9.31 Å². The average Bonchev–Trinajstić information content (AvgIpc) is 2.64. The minimum absolute atomic E-state index is 0.251. The molecule has 1 aliphatic rings. The van der Waals surface area contributed by atoms with Crippen LogP contribution in [0.5, 0.6) is 0 Å². The number of halogens is 1. The van der Waals surface area contributed by atoms with E-state index in [2.05, 4.69) is 0 Å². The standard InChI is InChI=1S/C9H7FN2O2S2/c10-7-5-6(12(13)14)1-2-8(7)11-3-4-16-9(11)15/h1-2,5H,3-4H2. The van der Waals surface area contributed by atoms with E-state index in [0.29, 0.717) is 16.6 Å². The minimum atomic E-state index is -0.621. The Morgan fingerprint density at radius 2 is 2.31 bits per heavy atom. The fourth-order valence-electron chi connectivity index (χ4n) is 1.44. The number of nitro groups is 1. The van der Waals surface area contributed by atoms with Gasteiger partial charge in [-0.15, -0.1) is 0 Å². The van der Waals surface area contributed by atoms with E-state index in [1.54, 1.807) is 4.90 Å². The first-order valence-corrected chi connectivity index (χ1v) is 5.87. The van der Waals surface area contributed by atoms with Gasteiger partial charge in [0.2, 0.25) is 0 Å². The van der Waals surface area contributed by atoms with E-state index in [0.717, 1.165) is 11.8 Å². The molecule has 0 radical (unpaired) electrons. The third kappa shape index (κ3) is 2.00. The maximum absolute atomic E-state index is 13.6. The van der Waals surface area contributed by atoms with Crippen LogP contribution in [0.25, 0.3) is 0 Å². The SMILES string of the molecule is O=[N+]([O-])c1ccc(N2CCSC2=S)c(F)c1. The fraction of sp³-hybridized carbons (Fsp3) is 0.222. The quantitative estimate of drug-likeness (QED) is 0.463. The number of hydrogen-bond donors (Lipinski definition) is 0. The van der Waals surface area contributed by atoms with Crippen LogP contribution in [0.4, 0.5) is 15.8 Å².